The highest BCUT2D eigenvalue weighted by molar-refractivity contribution is 5.87. The minimum Gasteiger partial charge on any atom is -0.444 e. The molecule has 1 N–H and O–H groups in total. The summed E-state index contributed by atoms with van der Waals surface area (Å²) in [7, 11) is 0. The Hall–Kier alpha value is -2.03. The molecule has 0 aromatic rings. The molecule has 6 nitrogen and oxygen atoms in total. The fourth-order valence-corrected chi connectivity index (χ4v) is 2.52. The van der Waals surface area contributed by atoms with E-state index in [1.165, 1.54) is 4.90 Å². The van der Waals surface area contributed by atoms with Gasteiger partial charge in [0.15, 0.2) is 0 Å². The van der Waals surface area contributed by atoms with Gasteiger partial charge in [-0.05, 0) is 46.0 Å². The van der Waals surface area contributed by atoms with E-state index >= 15 is 0 Å². The van der Waals surface area contributed by atoms with Gasteiger partial charge in [0.05, 0.1) is 6.07 Å². The van der Waals surface area contributed by atoms with Crippen LogP contribution in [-0.4, -0.2) is 40.6 Å². The van der Waals surface area contributed by atoms with Crippen LogP contribution in [0.5, 0.6) is 0 Å². The van der Waals surface area contributed by atoms with Crippen molar-refractivity contribution in [2.24, 2.45) is 5.92 Å². The van der Waals surface area contributed by atoms with Crippen LogP contribution >= 0.6 is 0 Å². The van der Waals surface area contributed by atoms with Crippen LogP contribution < -0.4 is 5.32 Å². The first kappa shape index (κ1) is 16.3. The van der Waals surface area contributed by atoms with Crippen LogP contribution in [0.15, 0.2) is 12.7 Å². The molecule has 0 aromatic carbocycles. The van der Waals surface area contributed by atoms with Crippen molar-refractivity contribution in [3.05, 3.63) is 12.7 Å². The van der Waals surface area contributed by atoms with Gasteiger partial charge in [-0.2, -0.15) is 5.26 Å². The van der Waals surface area contributed by atoms with Gasteiger partial charge < -0.3 is 10.1 Å². The van der Waals surface area contributed by atoms with Crippen LogP contribution in [0.1, 0.15) is 40.0 Å². The highest BCUT2D eigenvalue weighted by atomic mass is 16.6. The van der Waals surface area contributed by atoms with Gasteiger partial charge in [0, 0.05) is 6.54 Å². The van der Waals surface area contributed by atoms with Crippen LogP contribution in [0.25, 0.3) is 0 Å². The van der Waals surface area contributed by atoms with Gasteiger partial charge in [0.25, 0.3) is 0 Å². The van der Waals surface area contributed by atoms with E-state index in [4.69, 9.17) is 10.00 Å². The van der Waals surface area contributed by atoms with Crippen molar-refractivity contribution in [1.82, 2.24) is 10.2 Å². The Kier molecular flexibility index (Phi) is 4.19. The first-order chi connectivity index (χ1) is 10.2. The molecule has 2 fully saturated rings. The molecule has 0 bridgehead atoms. The Labute approximate surface area is 131 Å². The van der Waals surface area contributed by atoms with Crippen LogP contribution in [0, 0.1) is 17.2 Å². The second-order valence-electron chi connectivity index (χ2n) is 7.06. The third-order valence-corrected chi connectivity index (χ3v) is 3.92. The van der Waals surface area contributed by atoms with Gasteiger partial charge in [-0.1, -0.05) is 6.08 Å². The quantitative estimate of drug-likeness (QED) is 0.808. The lowest BCUT2D eigenvalue weighted by atomic mass is 10.1. The molecule has 120 valence electrons. The molecule has 0 aromatic heterocycles. The maximum atomic E-state index is 12.5. The molecule has 1 saturated heterocycles. The van der Waals surface area contributed by atoms with Gasteiger partial charge in [-0.25, -0.2) is 4.79 Å². The lowest BCUT2D eigenvalue weighted by molar-refractivity contribution is -0.126. The summed E-state index contributed by atoms with van der Waals surface area (Å²) in [6.45, 7) is 9.52. The van der Waals surface area contributed by atoms with Gasteiger partial charge in [-0.3, -0.25) is 9.69 Å². The largest absolute Gasteiger partial charge is 0.444 e. The number of hydrogen-bond donors (Lipinski definition) is 1. The van der Waals surface area contributed by atoms with E-state index in [9.17, 15) is 9.59 Å². The van der Waals surface area contributed by atoms with Crippen LogP contribution in [0.3, 0.4) is 0 Å². The summed E-state index contributed by atoms with van der Waals surface area (Å²) in [6, 6.07) is 1.52. The summed E-state index contributed by atoms with van der Waals surface area (Å²) in [6.07, 6.45) is 3.09. The number of amides is 2. The summed E-state index contributed by atoms with van der Waals surface area (Å²) >= 11 is 0. The van der Waals surface area contributed by atoms with Crippen molar-refractivity contribution >= 4 is 12.0 Å². The molecule has 0 radical (unpaired) electrons. The summed E-state index contributed by atoms with van der Waals surface area (Å²) < 4.78 is 5.37. The monoisotopic (exact) mass is 305 g/mol. The van der Waals surface area contributed by atoms with Crippen LogP contribution in [0.4, 0.5) is 4.79 Å². The number of carbonyl (C=O) groups excluding carboxylic acids is 2. The zero-order valence-electron chi connectivity index (χ0n) is 13.4. The molecule has 2 aliphatic rings. The number of ether oxygens (including phenoxy) is 1. The highest BCUT2D eigenvalue weighted by Crippen LogP contribution is 2.35. The molecule has 2 rings (SSSR count). The fourth-order valence-electron chi connectivity index (χ4n) is 2.52. The van der Waals surface area contributed by atoms with E-state index in [2.05, 4.69) is 18.0 Å². The molecule has 2 unspecified atom stereocenters. The minimum absolute atomic E-state index is 0.0560. The molecule has 1 aliphatic carbocycles. The van der Waals surface area contributed by atoms with E-state index in [0.29, 0.717) is 25.8 Å². The predicted octanol–water partition coefficient (Wildman–Crippen LogP) is 1.97. The number of rotatable bonds is 3. The molecule has 22 heavy (non-hydrogen) atoms. The number of nitrogens with one attached hydrogen (secondary N) is 1. The Morgan fingerprint density at radius 1 is 1.45 bits per heavy atom. The standard InChI is InChI=1S/C16H23N3O3/c1-5-11-8-12(13(20)18-16(10-17)6-7-16)19(9-11)14(21)22-15(2,3)4/h5,11-12H,1,6-9H2,2-4H3,(H,18,20). The zero-order valence-corrected chi connectivity index (χ0v) is 13.4. The van der Waals surface area contributed by atoms with Crippen molar-refractivity contribution < 1.29 is 14.3 Å². The molecule has 1 heterocycles. The van der Waals surface area contributed by atoms with E-state index in [1.807, 2.05) is 0 Å². The molecule has 0 spiro atoms. The van der Waals surface area contributed by atoms with Crippen LogP contribution in [-0.2, 0) is 9.53 Å². The second kappa shape index (κ2) is 5.64. The van der Waals surface area contributed by atoms with Gasteiger partial charge >= 0.3 is 6.09 Å². The molecule has 1 saturated carbocycles. The second-order valence-corrected chi connectivity index (χ2v) is 7.06. The third kappa shape index (κ3) is 3.59. The van der Waals surface area contributed by atoms with Crippen LogP contribution in [0.2, 0.25) is 0 Å². The SMILES string of the molecule is C=CC1CC(C(=O)NC2(C#N)CC2)N(C(=O)OC(C)(C)C)C1. The molecule has 2 atom stereocenters. The molecule has 2 amide bonds. The van der Waals surface area contributed by atoms with E-state index in [1.54, 1.807) is 26.8 Å². The van der Waals surface area contributed by atoms with Crippen molar-refractivity contribution in [3.8, 4) is 6.07 Å². The Bertz CT molecular complexity index is 526. The van der Waals surface area contributed by atoms with Crippen molar-refractivity contribution in [2.75, 3.05) is 6.54 Å². The topological polar surface area (TPSA) is 82.4 Å². The van der Waals surface area contributed by atoms with Gasteiger partial charge in [0.2, 0.25) is 5.91 Å². The number of likely N-dealkylation sites (tertiary alicyclic amines) is 1. The number of hydrogen-bond acceptors (Lipinski definition) is 4. The maximum absolute atomic E-state index is 12.5. The average Bonchev–Trinajstić information content (AvgIpc) is 3.04. The number of carbonyl (C=O) groups is 2. The van der Waals surface area contributed by atoms with E-state index in [0.717, 1.165) is 0 Å². The first-order valence-corrected chi connectivity index (χ1v) is 7.55. The maximum Gasteiger partial charge on any atom is 0.410 e. The molecule has 1 aliphatic heterocycles. The van der Waals surface area contributed by atoms with E-state index < -0.39 is 23.3 Å². The number of nitrogens with zero attached hydrogens (tertiary/aromatic N) is 2. The molecular formula is C16H23N3O3. The highest BCUT2D eigenvalue weighted by Gasteiger charge is 2.48. The summed E-state index contributed by atoms with van der Waals surface area (Å²) in [4.78, 5) is 26.2. The van der Waals surface area contributed by atoms with Crippen molar-refractivity contribution in [1.29, 1.82) is 5.26 Å². The Morgan fingerprint density at radius 3 is 2.55 bits per heavy atom. The smallest absolute Gasteiger partial charge is 0.410 e. The average molecular weight is 305 g/mol. The molecular weight excluding hydrogens is 282 g/mol. The first-order valence-electron chi connectivity index (χ1n) is 7.55. The zero-order chi connectivity index (χ0) is 16.5. The van der Waals surface area contributed by atoms with Gasteiger partial charge in [-0.15, -0.1) is 6.58 Å². The summed E-state index contributed by atoms with van der Waals surface area (Å²) in [5.41, 5.74) is -1.35. The molecule has 6 heteroatoms. The minimum atomic E-state index is -0.733. The lowest BCUT2D eigenvalue weighted by Crippen LogP contribution is -2.50. The van der Waals surface area contributed by atoms with Crippen molar-refractivity contribution in [2.45, 2.75) is 57.2 Å². The van der Waals surface area contributed by atoms with E-state index in [-0.39, 0.29) is 11.8 Å². The Balaban J connectivity index is 2.09. The normalized spacial score (nSPS) is 26.0. The fraction of sp³-hybridized carbons (Fsp3) is 0.688. The number of nitriles is 1. The Morgan fingerprint density at radius 2 is 2.09 bits per heavy atom. The third-order valence-electron chi connectivity index (χ3n) is 3.92. The predicted molar refractivity (Wildman–Crippen MR) is 80.8 cm³/mol. The lowest BCUT2D eigenvalue weighted by Gasteiger charge is -2.28. The summed E-state index contributed by atoms with van der Waals surface area (Å²) in [5.74, 6) is -0.227. The summed E-state index contributed by atoms with van der Waals surface area (Å²) in [5, 5.41) is 11.9. The van der Waals surface area contributed by atoms with Gasteiger partial charge in [0.1, 0.15) is 17.2 Å². The van der Waals surface area contributed by atoms with Crippen molar-refractivity contribution in [3.63, 3.8) is 0 Å².